The molecule has 0 heteroatoms. The summed E-state index contributed by atoms with van der Waals surface area (Å²) in [5.41, 5.74) is 1.52. The Hall–Kier alpha value is -0.780. The summed E-state index contributed by atoms with van der Waals surface area (Å²) >= 11 is 0. The number of benzene rings is 1. The molecule has 0 bridgehead atoms. The zero-order valence-corrected chi connectivity index (χ0v) is 11.5. The van der Waals surface area contributed by atoms with Crippen LogP contribution >= 0.6 is 0 Å². The molecule has 1 aliphatic carbocycles. The molecular weight excluding hydrogens is 204 g/mol. The van der Waals surface area contributed by atoms with Crippen molar-refractivity contribution < 1.29 is 0 Å². The molecule has 17 heavy (non-hydrogen) atoms. The van der Waals surface area contributed by atoms with Crippen molar-refractivity contribution >= 4 is 0 Å². The van der Waals surface area contributed by atoms with Crippen LogP contribution in [0.15, 0.2) is 30.3 Å². The molecule has 0 aliphatic heterocycles. The van der Waals surface area contributed by atoms with Gasteiger partial charge in [-0.25, -0.2) is 0 Å². The van der Waals surface area contributed by atoms with Gasteiger partial charge in [-0.15, -0.1) is 0 Å². The van der Waals surface area contributed by atoms with E-state index in [1.165, 1.54) is 31.2 Å². The highest BCUT2D eigenvalue weighted by Gasteiger charge is 2.29. The molecule has 0 radical (unpaired) electrons. The van der Waals surface area contributed by atoms with E-state index >= 15 is 0 Å². The highest BCUT2D eigenvalue weighted by atomic mass is 14.3. The van der Waals surface area contributed by atoms with Gasteiger partial charge in [0.05, 0.1) is 0 Å². The summed E-state index contributed by atoms with van der Waals surface area (Å²) in [4.78, 5) is 0. The molecular formula is C17H26. The standard InChI is InChI=1S/C17H26/c1-13(2)16-10-9-14(3)17(12-16)11-15-7-5-4-6-8-15/h4-8,13-14,16-17H,9-12H2,1-3H3/t14-,16?,17-/m1/s1. The predicted molar refractivity (Wildman–Crippen MR) is 75.0 cm³/mol. The largest absolute Gasteiger partial charge is 0.0625 e. The summed E-state index contributed by atoms with van der Waals surface area (Å²) in [7, 11) is 0. The zero-order valence-electron chi connectivity index (χ0n) is 11.5. The molecule has 1 unspecified atom stereocenters. The first-order valence-electron chi connectivity index (χ1n) is 7.20. The fourth-order valence-electron chi connectivity index (χ4n) is 3.26. The van der Waals surface area contributed by atoms with Gasteiger partial charge in [0.1, 0.15) is 0 Å². The lowest BCUT2D eigenvalue weighted by Crippen LogP contribution is -2.27. The van der Waals surface area contributed by atoms with Crippen molar-refractivity contribution in [1.29, 1.82) is 0 Å². The first-order valence-corrected chi connectivity index (χ1v) is 7.20. The van der Waals surface area contributed by atoms with Crippen molar-refractivity contribution in [2.24, 2.45) is 23.7 Å². The van der Waals surface area contributed by atoms with Crippen LogP contribution in [0.25, 0.3) is 0 Å². The minimum Gasteiger partial charge on any atom is -0.0625 e. The molecule has 1 fully saturated rings. The van der Waals surface area contributed by atoms with Crippen molar-refractivity contribution in [3.05, 3.63) is 35.9 Å². The molecule has 1 saturated carbocycles. The van der Waals surface area contributed by atoms with Gasteiger partial charge in [-0.2, -0.15) is 0 Å². The average molecular weight is 230 g/mol. The quantitative estimate of drug-likeness (QED) is 0.690. The third-order valence-corrected chi connectivity index (χ3v) is 4.69. The SMILES string of the molecule is CC(C)C1CC[C@@H](C)[C@H](Cc2ccccc2)C1. The third-order valence-electron chi connectivity index (χ3n) is 4.69. The van der Waals surface area contributed by atoms with Gasteiger partial charge in [-0.1, -0.05) is 57.5 Å². The molecule has 0 amide bonds. The minimum atomic E-state index is 0.862. The van der Waals surface area contributed by atoms with Gasteiger partial charge in [-0.05, 0) is 48.5 Å². The molecule has 0 aromatic heterocycles. The van der Waals surface area contributed by atoms with E-state index in [0.717, 1.165) is 23.7 Å². The second kappa shape index (κ2) is 5.71. The Bertz CT molecular complexity index is 325. The second-order valence-corrected chi connectivity index (χ2v) is 6.24. The Morgan fingerprint density at radius 1 is 1.12 bits per heavy atom. The topological polar surface area (TPSA) is 0 Å². The smallest absolute Gasteiger partial charge is 0.0248 e. The van der Waals surface area contributed by atoms with E-state index in [1.54, 1.807) is 0 Å². The van der Waals surface area contributed by atoms with Crippen LogP contribution in [-0.4, -0.2) is 0 Å². The molecule has 0 saturated heterocycles. The second-order valence-electron chi connectivity index (χ2n) is 6.24. The zero-order chi connectivity index (χ0) is 12.3. The number of hydrogen-bond acceptors (Lipinski definition) is 0. The van der Waals surface area contributed by atoms with E-state index in [4.69, 9.17) is 0 Å². The lowest BCUT2D eigenvalue weighted by atomic mass is 9.69. The highest BCUT2D eigenvalue weighted by Crippen LogP contribution is 2.38. The molecule has 0 heterocycles. The predicted octanol–water partition coefficient (Wildman–Crippen LogP) is 4.94. The summed E-state index contributed by atoms with van der Waals surface area (Å²) in [5.74, 6) is 3.63. The monoisotopic (exact) mass is 230 g/mol. The van der Waals surface area contributed by atoms with Crippen molar-refractivity contribution in [1.82, 2.24) is 0 Å². The van der Waals surface area contributed by atoms with Crippen LogP contribution in [0, 0.1) is 23.7 Å². The van der Waals surface area contributed by atoms with Crippen LogP contribution in [0.2, 0.25) is 0 Å². The maximum absolute atomic E-state index is 2.45. The van der Waals surface area contributed by atoms with E-state index in [-0.39, 0.29) is 0 Å². The Labute approximate surface area is 106 Å². The van der Waals surface area contributed by atoms with Crippen molar-refractivity contribution in [3.8, 4) is 0 Å². The minimum absolute atomic E-state index is 0.862. The Morgan fingerprint density at radius 3 is 2.47 bits per heavy atom. The lowest BCUT2D eigenvalue weighted by Gasteiger charge is -2.36. The van der Waals surface area contributed by atoms with Crippen LogP contribution in [0.5, 0.6) is 0 Å². The van der Waals surface area contributed by atoms with Gasteiger partial charge in [0.15, 0.2) is 0 Å². The first kappa shape index (κ1) is 12.7. The van der Waals surface area contributed by atoms with Crippen molar-refractivity contribution in [2.45, 2.75) is 46.5 Å². The van der Waals surface area contributed by atoms with Gasteiger partial charge >= 0.3 is 0 Å². The van der Waals surface area contributed by atoms with Gasteiger partial charge in [0, 0.05) is 0 Å². The molecule has 1 aliphatic rings. The van der Waals surface area contributed by atoms with E-state index in [9.17, 15) is 0 Å². The van der Waals surface area contributed by atoms with E-state index in [1.807, 2.05) is 0 Å². The Kier molecular flexibility index (Phi) is 4.25. The van der Waals surface area contributed by atoms with E-state index < -0.39 is 0 Å². The van der Waals surface area contributed by atoms with Crippen molar-refractivity contribution in [3.63, 3.8) is 0 Å². The highest BCUT2D eigenvalue weighted by molar-refractivity contribution is 5.15. The molecule has 94 valence electrons. The fourth-order valence-corrected chi connectivity index (χ4v) is 3.26. The normalized spacial score (nSPS) is 29.5. The first-order chi connectivity index (χ1) is 8.16. The summed E-state index contributed by atoms with van der Waals surface area (Å²) in [6.07, 6.45) is 5.60. The Balaban J connectivity index is 1.99. The molecule has 0 nitrogen and oxygen atoms in total. The van der Waals surface area contributed by atoms with Gasteiger partial charge in [0.25, 0.3) is 0 Å². The Morgan fingerprint density at radius 2 is 1.82 bits per heavy atom. The molecule has 0 N–H and O–H groups in total. The van der Waals surface area contributed by atoms with Crippen LogP contribution in [-0.2, 0) is 6.42 Å². The summed E-state index contributed by atoms with van der Waals surface area (Å²) in [6.45, 7) is 7.23. The van der Waals surface area contributed by atoms with Crippen LogP contribution in [0.1, 0.15) is 45.6 Å². The summed E-state index contributed by atoms with van der Waals surface area (Å²) in [6, 6.07) is 11.0. The van der Waals surface area contributed by atoms with E-state index in [2.05, 4.69) is 51.1 Å². The average Bonchev–Trinajstić information content (AvgIpc) is 2.33. The van der Waals surface area contributed by atoms with Crippen LogP contribution < -0.4 is 0 Å². The van der Waals surface area contributed by atoms with Gasteiger partial charge in [-0.3, -0.25) is 0 Å². The lowest BCUT2D eigenvalue weighted by molar-refractivity contribution is 0.158. The summed E-state index contributed by atoms with van der Waals surface area (Å²) < 4.78 is 0. The van der Waals surface area contributed by atoms with Gasteiger partial charge < -0.3 is 0 Å². The molecule has 0 spiro atoms. The van der Waals surface area contributed by atoms with Crippen molar-refractivity contribution in [2.75, 3.05) is 0 Å². The van der Waals surface area contributed by atoms with E-state index in [0.29, 0.717) is 0 Å². The maximum atomic E-state index is 2.45. The maximum Gasteiger partial charge on any atom is -0.0248 e. The molecule has 1 aromatic rings. The van der Waals surface area contributed by atoms with Crippen LogP contribution in [0.3, 0.4) is 0 Å². The molecule has 3 atom stereocenters. The molecule has 1 aromatic carbocycles. The van der Waals surface area contributed by atoms with Crippen LogP contribution in [0.4, 0.5) is 0 Å². The third kappa shape index (κ3) is 3.34. The summed E-state index contributed by atoms with van der Waals surface area (Å²) in [5, 5.41) is 0. The molecule has 2 rings (SSSR count). The number of hydrogen-bond donors (Lipinski definition) is 0. The fraction of sp³-hybridized carbons (Fsp3) is 0.647. The number of rotatable bonds is 3. The van der Waals surface area contributed by atoms with Gasteiger partial charge in [0.2, 0.25) is 0 Å².